The van der Waals surface area contributed by atoms with Crippen molar-refractivity contribution in [3.05, 3.63) is 63.7 Å². The van der Waals surface area contributed by atoms with Crippen molar-refractivity contribution in [2.75, 3.05) is 11.9 Å². The largest absolute Gasteiger partial charge is 0.322 e. The number of nitrogens with one attached hydrogen (secondary N) is 2. The van der Waals surface area contributed by atoms with Gasteiger partial charge >= 0.3 is 0 Å². The summed E-state index contributed by atoms with van der Waals surface area (Å²) in [4.78, 5) is 26.9. The molecule has 2 N–H and O–H groups in total. The minimum absolute atomic E-state index is 0.000204. The van der Waals surface area contributed by atoms with E-state index in [1.165, 1.54) is 36.4 Å². The van der Waals surface area contributed by atoms with E-state index in [0.717, 1.165) is 6.42 Å². The van der Waals surface area contributed by atoms with Crippen molar-refractivity contribution in [2.45, 2.75) is 24.7 Å². The number of hydrogen-bond acceptors (Lipinski definition) is 6. The molecule has 0 aliphatic carbocycles. The summed E-state index contributed by atoms with van der Waals surface area (Å²) in [6.45, 7) is 2.14. The summed E-state index contributed by atoms with van der Waals surface area (Å²) < 4.78 is 27.4. The number of anilines is 1. The number of nitrogens with zero attached hydrogens (tertiary/aromatic N) is 2. The Labute approximate surface area is 161 Å². The van der Waals surface area contributed by atoms with Crippen LogP contribution in [0, 0.1) is 17.0 Å². The van der Waals surface area contributed by atoms with Gasteiger partial charge in [0.2, 0.25) is 0 Å². The molecule has 0 fully saturated rings. The lowest BCUT2D eigenvalue weighted by molar-refractivity contribution is -0.385. The third-order valence-electron chi connectivity index (χ3n) is 4.18. The zero-order valence-corrected chi connectivity index (χ0v) is 15.8. The molecule has 0 saturated carbocycles. The van der Waals surface area contributed by atoms with Gasteiger partial charge in [-0.1, -0.05) is 6.07 Å². The minimum atomic E-state index is -3.80. The van der Waals surface area contributed by atoms with Gasteiger partial charge in [-0.05, 0) is 43.7 Å². The molecule has 1 amide bonds. The predicted octanol–water partition coefficient (Wildman–Crippen LogP) is 2.63. The highest BCUT2D eigenvalue weighted by Gasteiger charge is 2.19. The lowest BCUT2D eigenvalue weighted by atomic mass is 10.1. The van der Waals surface area contributed by atoms with Crippen LogP contribution in [0.4, 0.5) is 11.4 Å². The molecule has 1 heterocycles. The molecule has 0 spiro atoms. The van der Waals surface area contributed by atoms with E-state index in [9.17, 15) is 23.3 Å². The van der Waals surface area contributed by atoms with Gasteiger partial charge < -0.3 is 5.32 Å². The number of aryl methyl sites for hydroxylation is 1. The molecule has 0 saturated heterocycles. The van der Waals surface area contributed by atoms with Crippen molar-refractivity contribution in [3.63, 3.8) is 0 Å². The van der Waals surface area contributed by atoms with Crippen LogP contribution in [0.2, 0.25) is 0 Å². The Morgan fingerprint density at radius 1 is 1.21 bits per heavy atom. The summed E-state index contributed by atoms with van der Waals surface area (Å²) in [7, 11) is -3.80. The fourth-order valence-electron chi connectivity index (χ4n) is 2.78. The summed E-state index contributed by atoms with van der Waals surface area (Å²) in [5.74, 6) is -0.0727. The van der Waals surface area contributed by atoms with Gasteiger partial charge in [0.05, 0.1) is 9.82 Å². The molecule has 1 aliphatic heterocycles. The van der Waals surface area contributed by atoms with Gasteiger partial charge in [-0.3, -0.25) is 24.6 Å². The molecule has 0 unspecified atom stereocenters. The van der Waals surface area contributed by atoms with Gasteiger partial charge in [-0.25, -0.2) is 8.42 Å². The SMILES string of the molecule is Cc1cc(C(=O)Nc2cccc(S(=O)(=O)NC3=NCCC3)c2)ccc1[N+](=O)[O-]. The highest BCUT2D eigenvalue weighted by atomic mass is 32.2. The Hall–Kier alpha value is -3.27. The second-order valence-corrected chi connectivity index (χ2v) is 7.96. The van der Waals surface area contributed by atoms with Crippen LogP contribution in [0.5, 0.6) is 0 Å². The maximum atomic E-state index is 12.5. The molecule has 28 heavy (non-hydrogen) atoms. The number of amides is 1. The molecule has 1 aliphatic rings. The molecule has 2 aromatic rings. The maximum Gasteiger partial charge on any atom is 0.272 e. The van der Waals surface area contributed by atoms with E-state index in [1.807, 2.05) is 0 Å². The normalized spacial score (nSPS) is 13.7. The molecule has 0 bridgehead atoms. The van der Waals surface area contributed by atoms with Gasteiger partial charge in [0, 0.05) is 35.8 Å². The fourth-order valence-corrected chi connectivity index (χ4v) is 3.92. The van der Waals surface area contributed by atoms with Gasteiger partial charge in [-0.2, -0.15) is 0 Å². The van der Waals surface area contributed by atoms with E-state index >= 15 is 0 Å². The van der Waals surface area contributed by atoms with E-state index in [0.29, 0.717) is 24.4 Å². The number of hydrogen-bond donors (Lipinski definition) is 2. The van der Waals surface area contributed by atoms with E-state index in [4.69, 9.17) is 0 Å². The van der Waals surface area contributed by atoms with Crippen molar-refractivity contribution in [3.8, 4) is 0 Å². The second kappa shape index (κ2) is 7.77. The van der Waals surface area contributed by atoms with E-state index < -0.39 is 20.9 Å². The van der Waals surface area contributed by atoms with Crippen molar-refractivity contribution < 1.29 is 18.1 Å². The average molecular weight is 402 g/mol. The zero-order chi connectivity index (χ0) is 20.3. The van der Waals surface area contributed by atoms with Crippen LogP contribution >= 0.6 is 0 Å². The van der Waals surface area contributed by atoms with Crippen LogP contribution in [0.15, 0.2) is 52.4 Å². The molecule has 3 rings (SSSR count). The number of nitro groups is 1. The lowest BCUT2D eigenvalue weighted by Crippen LogP contribution is -2.29. The van der Waals surface area contributed by atoms with Crippen LogP contribution in [0.3, 0.4) is 0 Å². The van der Waals surface area contributed by atoms with Gasteiger partial charge in [-0.15, -0.1) is 0 Å². The standard InChI is InChI=1S/C18H18N4O5S/c1-12-10-13(7-8-16(12)22(24)25)18(23)20-14-4-2-5-15(11-14)28(26,27)21-17-6-3-9-19-17/h2,4-5,7-8,10-11H,3,6,9H2,1H3,(H,19,21)(H,20,23). The Balaban J connectivity index is 1.78. The first kappa shape index (κ1) is 19.5. The van der Waals surface area contributed by atoms with Crippen LogP contribution in [-0.4, -0.2) is 31.6 Å². The maximum absolute atomic E-state index is 12.5. The van der Waals surface area contributed by atoms with Crippen molar-refractivity contribution in [1.29, 1.82) is 0 Å². The number of aliphatic imine (C=N–C) groups is 1. The first-order chi connectivity index (χ1) is 13.3. The number of carbonyl (C=O) groups is 1. The lowest BCUT2D eigenvalue weighted by Gasteiger charge is -2.10. The molecule has 9 nitrogen and oxygen atoms in total. The molecule has 146 valence electrons. The summed E-state index contributed by atoms with van der Waals surface area (Å²) >= 11 is 0. The Bertz CT molecular complexity index is 1080. The Morgan fingerprint density at radius 3 is 2.64 bits per heavy atom. The molecule has 0 aromatic heterocycles. The van der Waals surface area contributed by atoms with Crippen LogP contribution in [-0.2, 0) is 10.0 Å². The number of amidine groups is 1. The topological polar surface area (TPSA) is 131 Å². The van der Waals surface area contributed by atoms with Crippen molar-refractivity contribution >= 4 is 33.1 Å². The summed E-state index contributed by atoms with van der Waals surface area (Å²) in [6, 6.07) is 9.85. The number of nitro benzene ring substituents is 1. The fraction of sp³-hybridized carbons (Fsp3) is 0.222. The average Bonchev–Trinajstić information content (AvgIpc) is 3.13. The zero-order valence-electron chi connectivity index (χ0n) is 15.0. The quantitative estimate of drug-likeness (QED) is 0.586. The monoisotopic (exact) mass is 402 g/mol. The highest BCUT2D eigenvalue weighted by molar-refractivity contribution is 7.90. The third kappa shape index (κ3) is 4.34. The molecule has 10 heteroatoms. The Morgan fingerprint density at radius 2 is 2.00 bits per heavy atom. The number of rotatable bonds is 5. The number of carbonyl (C=O) groups excluding carboxylic acids is 1. The van der Waals surface area contributed by atoms with Crippen LogP contribution in [0.25, 0.3) is 0 Å². The molecule has 0 atom stereocenters. The molecule has 0 radical (unpaired) electrons. The number of benzene rings is 2. The van der Waals surface area contributed by atoms with Crippen LogP contribution < -0.4 is 10.0 Å². The molecular weight excluding hydrogens is 384 g/mol. The first-order valence-electron chi connectivity index (χ1n) is 8.49. The van der Waals surface area contributed by atoms with Gasteiger partial charge in [0.15, 0.2) is 0 Å². The van der Waals surface area contributed by atoms with Crippen LogP contribution in [0.1, 0.15) is 28.8 Å². The van der Waals surface area contributed by atoms with Crippen molar-refractivity contribution in [1.82, 2.24) is 4.72 Å². The highest BCUT2D eigenvalue weighted by Crippen LogP contribution is 2.21. The minimum Gasteiger partial charge on any atom is -0.322 e. The van der Waals surface area contributed by atoms with E-state index in [1.54, 1.807) is 13.0 Å². The predicted molar refractivity (Wildman–Crippen MR) is 104 cm³/mol. The van der Waals surface area contributed by atoms with E-state index in [2.05, 4.69) is 15.0 Å². The van der Waals surface area contributed by atoms with Crippen molar-refractivity contribution in [2.24, 2.45) is 4.99 Å². The first-order valence-corrected chi connectivity index (χ1v) is 9.97. The summed E-state index contributed by atoms with van der Waals surface area (Å²) in [5.41, 5.74) is 0.799. The Kier molecular flexibility index (Phi) is 5.41. The molecule has 2 aromatic carbocycles. The second-order valence-electron chi connectivity index (χ2n) is 6.28. The third-order valence-corrected chi connectivity index (χ3v) is 5.56. The van der Waals surface area contributed by atoms with Gasteiger partial charge in [0.1, 0.15) is 5.84 Å². The summed E-state index contributed by atoms with van der Waals surface area (Å²) in [6.07, 6.45) is 1.39. The number of sulfonamides is 1. The smallest absolute Gasteiger partial charge is 0.272 e. The van der Waals surface area contributed by atoms with E-state index in [-0.39, 0.29) is 21.8 Å². The molecular formula is C18H18N4O5S. The summed E-state index contributed by atoms with van der Waals surface area (Å²) in [5, 5.41) is 13.5. The van der Waals surface area contributed by atoms with Gasteiger partial charge in [0.25, 0.3) is 21.6 Å².